The summed E-state index contributed by atoms with van der Waals surface area (Å²) in [6, 6.07) is 11.4. The van der Waals surface area contributed by atoms with Crippen molar-refractivity contribution in [1.82, 2.24) is 15.0 Å². The van der Waals surface area contributed by atoms with Crippen LogP contribution in [0, 0.1) is 17.7 Å². The highest BCUT2D eigenvalue weighted by molar-refractivity contribution is 7.18. The molecule has 6 nitrogen and oxygen atoms in total. The number of benzene rings is 1. The quantitative estimate of drug-likeness (QED) is 0.404. The van der Waals surface area contributed by atoms with E-state index in [0.29, 0.717) is 29.9 Å². The Balaban J connectivity index is 1.68. The Kier molecular flexibility index (Phi) is 6.48. The molecule has 4 aromatic rings. The molecule has 1 atom stereocenters. The first kappa shape index (κ1) is 20.9. The second kappa shape index (κ2) is 9.62. The molecule has 3 aromatic heterocycles. The predicted molar refractivity (Wildman–Crippen MR) is 121 cm³/mol. The van der Waals surface area contributed by atoms with Gasteiger partial charge in [0.1, 0.15) is 17.9 Å². The number of hydrogen-bond acceptors (Lipinski definition) is 7. The molecule has 0 saturated carbocycles. The molecule has 0 saturated heterocycles. The zero-order valence-corrected chi connectivity index (χ0v) is 17.4. The second-order valence-corrected chi connectivity index (χ2v) is 7.75. The van der Waals surface area contributed by atoms with Crippen LogP contribution in [0.2, 0.25) is 0 Å². The maximum absolute atomic E-state index is 14.4. The van der Waals surface area contributed by atoms with Crippen LogP contribution in [0.3, 0.4) is 0 Å². The molecule has 0 unspecified atom stereocenters. The normalized spacial score (nSPS) is 11.7. The summed E-state index contributed by atoms with van der Waals surface area (Å²) in [7, 11) is 0. The van der Waals surface area contributed by atoms with Crippen LogP contribution in [-0.4, -0.2) is 39.3 Å². The fourth-order valence-electron chi connectivity index (χ4n) is 3.16. The molecular formula is C23H20FN5OS. The average Bonchev–Trinajstić information content (AvgIpc) is 3.20. The summed E-state index contributed by atoms with van der Waals surface area (Å²) in [5.74, 6) is 5.83. The minimum Gasteiger partial charge on any atom is -0.384 e. The molecule has 0 radical (unpaired) electrons. The molecule has 8 heteroatoms. The number of anilines is 1. The van der Waals surface area contributed by atoms with Crippen LogP contribution in [0.25, 0.3) is 21.6 Å². The van der Waals surface area contributed by atoms with Crippen molar-refractivity contribution in [1.29, 1.82) is 0 Å². The molecule has 0 spiro atoms. The maximum Gasteiger partial charge on any atom is 0.165 e. The summed E-state index contributed by atoms with van der Waals surface area (Å²) in [5, 5.41) is 14.2. The van der Waals surface area contributed by atoms with Gasteiger partial charge in [-0.25, -0.2) is 14.4 Å². The molecule has 156 valence electrons. The third-order valence-electron chi connectivity index (χ3n) is 4.60. The molecule has 4 rings (SSSR count). The van der Waals surface area contributed by atoms with Gasteiger partial charge < -0.3 is 16.2 Å². The molecule has 1 aromatic carbocycles. The highest BCUT2D eigenvalue weighted by atomic mass is 32.1. The minimum absolute atomic E-state index is 0.137. The monoisotopic (exact) mass is 433 g/mol. The van der Waals surface area contributed by atoms with E-state index in [-0.39, 0.29) is 24.0 Å². The van der Waals surface area contributed by atoms with E-state index < -0.39 is 5.82 Å². The first-order chi connectivity index (χ1) is 15.2. The van der Waals surface area contributed by atoms with Gasteiger partial charge in [-0.1, -0.05) is 42.2 Å². The Bertz CT molecular complexity index is 1250. The Morgan fingerprint density at radius 2 is 2.03 bits per heavy atom. The first-order valence-corrected chi connectivity index (χ1v) is 10.6. The Morgan fingerprint density at radius 3 is 2.81 bits per heavy atom. The standard InChI is InChI=1S/C23H20FN5OS/c24-19-13-26-9-8-18(19)22-28-20-16(7-4-10-30)14-31-21(20)23(29-22)27-12-17(25)11-15-5-2-1-3-6-15/h1-3,5-6,8-9,13-14,17,30H,10-12,25H2,(H,27,28,29)/t17-/m0/s1. The Labute approximate surface area is 183 Å². The third kappa shape index (κ3) is 4.86. The average molecular weight is 434 g/mol. The van der Waals surface area contributed by atoms with E-state index in [1.807, 2.05) is 35.7 Å². The number of fused-ring (bicyclic) bond motifs is 1. The third-order valence-corrected chi connectivity index (χ3v) is 5.58. The lowest BCUT2D eigenvalue weighted by atomic mass is 10.1. The molecule has 0 bridgehead atoms. The van der Waals surface area contributed by atoms with Crippen molar-refractivity contribution >= 4 is 27.4 Å². The van der Waals surface area contributed by atoms with E-state index in [4.69, 9.17) is 10.8 Å². The molecule has 0 amide bonds. The lowest BCUT2D eigenvalue weighted by Gasteiger charge is -2.14. The van der Waals surface area contributed by atoms with Crippen LogP contribution in [0.5, 0.6) is 0 Å². The highest BCUT2D eigenvalue weighted by Crippen LogP contribution is 2.32. The van der Waals surface area contributed by atoms with Crippen LogP contribution in [0.15, 0.2) is 54.2 Å². The summed E-state index contributed by atoms with van der Waals surface area (Å²) in [4.78, 5) is 12.9. The number of nitrogens with one attached hydrogen (secondary N) is 1. The number of aliphatic hydroxyl groups excluding tert-OH is 1. The van der Waals surface area contributed by atoms with Crippen molar-refractivity contribution < 1.29 is 9.50 Å². The highest BCUT2D eigenvalue weighted by Gasteiger charge is 2.17. The zero-order chi connectivity index (χ0) is 21.6. The Morgan fingerprint density at radius 1 is 1.19 bits per heavy atom. The van der Waals surface area contributed by atoms with Gasteiger partial charge >= 0.3 is 0 Å². The van der Waals surface area contributed by atoms with Gasteiger partial charge in [0, 0.05) is 24.2 Å². The number of halogens is 1. The van der Waals surface area contributed by atoms with Crippen LogP contribution in [0.1, 0.15) is 11.1 Å². The fourth-order valence-corrected chi connectivity index (χ4v) is 4.06. The number of hydrogen-bond donors (Lipinski definition) is 3. The van der Waals surface area contributed by atoms with Crippen molar-refractivity contribution in [2.24, 2.45) is 5.73 Å². The predicted octanol–water partition coefficient (Wildman–Crippen LogP) is 3.22. The zero-order valence-electron chi connectivity index (χ0n) is 16.5. The second-order valence-electron chi connectivity index (χ2n) is 6.87. The van der Waals surface area contributed by atoms with Crippen LogP contribution < -0.4 is 11.1 Å². The van der Waals surface area contributed by atoms with E-state index in [1.165, 1.54) is 23.6 Å². The SMILES string of the molecule is N[C@H](CNc1nc(-c2ccncc2F)nc2c(C#CCO)csc12)Cc1ccccc1. The number of pyridine rings is 1. The van der Waals surface area contributed by atoms with Gasteiger partial charge in [0.15, 0.2) is 11.6 Å². The molecule has 0 aliphatic heterocycles. The first-order valence-electron chi connectivity index (χ1n) is 9.68. The van der Waals surface area contributed by atoms with E-state index in [2.05, 4.69) is 32.1 Å². The van der Waals surface area contributed by atoms with Crippen molar-refractivity contribution in [2.75, 3.05) is 18.5 Å². The lowest BCUT2D eigenvalue weighted by molar-refractivity contribution is 0.350. The van der Waals surface area contributed by atoms with Gasteiger partial charge in [0.25, 0.3) is 0 Å². The lowest BCUT2D eigenvalue weighted by Crippen LogP contribution is -2.31. The van der Waals surface area contributed by atoms with Crippen LogP contribution in [0.4, 0.5) is 10.2 Å². The van der Waals surface area contributed by atoms with E-state index in [1.54, 1.807) is 0 Å². The van der Waals surface area contributed by atoms with Crippen molar-refractivity contribution in [3.8, 4) is 23.2 Å². The minimum atomic E-state index is -0.508. The molecule has 31 heavy (non-hydrogen) atoms. The van der Waals surface area contributed by atoms with Gasteiger partial charge in [0.2, 0.25) is 0 Å². The summed E-state index contributed by atoms with van der Waals surface area (Å²) in [5.41, 5.74) is 8.99. The Hall–Kier alpha value is -3.38. The number of thiophene rings is 1. The van der Waals surface area contributed by atoms with Gasteiger partial charge in [0.05, 0.1) is 22.0 Å². The van der Waals surface area contributed by atoms with E-state index >= 15 is 0 Å². The van der Waals surface area contributed by atoms with Gasteiger partial charge in [-0.05, 0) is 18.1 Å². The molecule has 4 N–H and O–H groups in total. The van der Waals surface area contributed by atoms with Crippen molar-refractivity contribution in [3.63, 3.8) is 0 Å². The van der Waals surface area contributed by atoms with E-state index in [0.717, 1.165) is 16.5 Å². The smallest absolute Gasteiger partial charge is 0.165 e. The summed E-state index contributed by atoms with van der Waals surface area (Å²) in [6.07, 6.45) is 3.34. The topological polar surface area (TPSA) is 97.0 Å². The van der Waals surface area contributed by atoms with Gasteiger partial charge in [-0.2, -0.15) is 0 Å². The van der Waals surface area contributed by atoms with Crippen LogP contribution in [-0.2, 0) is 6.42 Å². The van der Waals surface area contributed by atoms with Gasteiger partial charge in [-0.3, -0.25) is 4.98 Å². The summed E-state index contributed by atoms with van der Waals surface area (Å²) >= 11 is 1.44. The van der Waals surface area contributed by atoms with Crippen LogP contribution >= 0.6 is 11.3 Å². The van der Waals surface area contributed by atoms with Gasteiger partial charge in [-0.15, -0.1) is 11.3 Å². The summed E-state index contributed by atoms with van der Waals surface area (Å²) < 4.78 is 15.1. The summed E-state index contributed by atoms with van der Waals surface area (Å²) in [6.45, 7) is 0.225. The molecule has 0 aliphatic carbocycles. The van der Waals surface area contributed by atoms with Crippen molar-refractivity contribution in [2.45, 2.75) is 12.5 Å². The number of aromatic nitrogens is 3. The van der Waals surface area contributed by atoms with E-state index in [9.17, 15) is 4.39 Å². The number of nitrogens with two attached hydrogens (primary N) is 1. The number of nitrogens with zero attached hydrogens (tertiary/aromatic N) is 3. The van der Waals surface area contributed by atoms with Crippen molar-refractivity contribution in [3.05, 3.63) is 71.1 Å². The molecule has 3 heterocycles. The fraction of sp³-hybridized carbons (Fsp3) is 0.174. The number of aliphatic hydroxyl groups is 1. The number of rotatable bonds is 6. The molecule has 0 aliphatic rings. The molecular weight excluding hydrogens is 413 g/mol. The maximum atomic E-state index is 14.4. The largest absolute Gasteiger partial charge is 0.384 e. The molecule has 0 fully saturated rings.